The largest absolute Gasteiger partial charge is 0.347 e. The molecule has 2 nitrogen and oxygen atoms in total. The van der Waals surface area contributed by atoms with E-state index in [0.29, 0.717) is 0 Å². The topological polar surface area (TPSA) is 32.9 Å². The summed E-state index contributed by atoms with van der Waals surface area (Å²) in [6.07, 6.45) is 3.68. The Morgan fingerprint density at radius 3 is 2.62 bits per heavy atom. The van der Waals surface area contributed by atoms with E-state index in [-0.39, 0.29) is 0 Å². The molecule has 0 aliphatic carbocycles. The van der Waals surface area contributed by atoms with E-state index >= 15 is 0 Å². The Labute approximate surface area is 117 Å². The molecule has 0 aliphatic rings. The molecule has 1 aromatic carbocycles. The number of H-pyrrole nitrogens is 1. The molecule has 1 N–H and O–H groups in total. The normalized spacial score (nSPS) is 13.2. The van der Waals surface area contributed by atoms with Crippen molar-refractivity contribution in [2.45, 2.75) is 9.92 Å². The Morgan fingerprint density at radius 2 is 2.06 bits per heavy atom. The molecule has 6 heteroatoms. The Morgan fingerprint density at radius 1 is 1.38 bits per heavy atom. The predicted molar refractivity (Wildman–Crippen MR) is 77.8 cm³/mol. The van der Waals surface area contributed by atoms with Crippen molar-refractivity contribution >= 4 is 65.3 Å². The summed E-state index contributed by atoms with van der Waals surface area (Å²) < 4.78 is 13.6. The first-order chi connectivity index (χ1) is 7.54. The summed E-state index contributed by atoms with van der Waals surface area (Å²) in [5.41, 5.74) is 0.996. The SMILES string of the molecule is CSc1c([S@@](C)=O)[nH]c2cc(Br)cc(Br)c12. The third-order valence-electron chi connectivity index (χ3n) is 2.23. The molecular formula is C10H9Br2NOS2. The van der Waals surface area contributed by atoms with Crippen molar-refractivity contribution < 1.29 is 4.21 Å². The van der Waals surface area contributed by atoms with Gasteiger partial charge in [-0.3, -0.25) is 4.21 Å². The molecule has 0 saturated carbocycles. The number of hydrogen-bond acceptors (Lipinski definition) is 2. The third kappa shape index (κ3) is 2.12. The molecule has 0 spiro atoms. The van der Waals surface area contributed by atoms with Gasteiger partial charge >= 0.3 is 0 Å². The lowest BCUT2D eigenvalue weighted by Gasteiger charge is -1.99. The number of aromatic nitrogens is 1. The van der Waals surface area contributed by atoms with E-state index in [1.165, 1.54) is 0 Å². The summed E-state index contributed by atoms with van der Waals surface area (Å²) in [7, 11) is -1.00. The Bertz CT molecular complexity index is 580. The molecule has 2 rings (SSSR count). The van der Waals surface area contributed by atoms with Crippen LogP contribution in [0.3, 0.4) is 0 Å². The number of benzene rings is 1. The predicted octanol–water partition coefficient (Wildman–Crippen LogP) is 4.15. The van der Waals surface area contributed by atoms with Gasteiger partial charge in [0.1, 0.15) is 5.03 Å². The quantitative estimate of drug-likeness (QED) is 0.791. The van der Waals surface area contributed by atoms with Crippen LogP contribution in [-0.2, 0) is 10.8 Å². The fraction of sp³-hybridized carbons (Fsp3) is 0.200. The van der Waals surface area contributed by atoms with Gasteiger partial charge in [0.05, 0.1) is 15.7 Å². The Kier molecular flexibility index (Phi) is 3.83. The molecule has 0 amide bonds. The second-order valence-electron chi connectivity index (χ2n) is 3.25. The van der Waals surface area contributed by atoms with Gasteiger partial charge < -0.3 is 4.98 Å². The number of rotatable bonds is 2. The lowest BCUT2D eigenvalue weighted by Crippen LogP contribution is -1.88. The molecule has 1 atom stereocenters. The van der Waals surface area contributed by atoms with E-state index < -0.39 is 10.8 Å². The molecule has 0 saturated heterocycles. The number of fused-ring (bicyclic) bond motifs is 1. The van der Waals surface area contributed by atoms with E-state index in [9.17, 15) is 4.21 Å². The Hall–Kier alpha value is 0.220. The highest BCUT2D eigenvalue weighted by atomic mass is 79.9. The van der Waals surface area contributed by atoms with Crippen LogP contribution in [0.4, 0.5) is 0 Å². The van der Waals surface area contributed by atoms with Gasteiger partial charge in [-0.15, -0.1) is 11.8 Å². The summed E-state index contributed by atoms with van der Waals surface area (Å²) in [5.74, 6) is 0. The van der Waals surface area contributed by atoms with Crippen molar-refractivity contribution in [3.63, 3.8) is 0 Å². The van der Waals surface area contributed by atoms with Crippen LogP contribution in [0.25, 0.3) is 10.9 Å². The number of halogens is 2. The maximum Gasteiger partial charge on any atom is 0.118 e. The minimum absolute atomic E-state index is 0.793. The molecular weight excluding hydrogens is 374 g/mol. The average molecular weight is 383 g/mol. The second-order valence-corrected chi connectivity index (χ2v) is 7.15. The maximum absolute atomic E-state index is 11.6. The fourth-order valence-corrected chi connectivity index (χ4v) is 5.03. The first kappa shape index (κ1) is 12.7. The van der Waals surface area contributed by atoms with Crippen molar-refractivity contribution in [1.82, 2.24) is 4.98 Å². The van der Waals surface area contributed by atoms with E-state index in [2.05, 4.69) is 36.8 Å². The average Bonchev–Trinajstić information content (AvgIpc) is 2.56. The summed E-state index contributed by atoms with van der Waals surface area (Å²) >= 11 is 8.59. The van der Waals surface area contributed by atoms with Gasteiger partial charge in [0.15, 0.2) is 0 Å². The van der Waals surface area contributed by atoms with Crippen LogP contribution in [0, 0.1) is 0 Å². The third-order valence-corrected chi connectivity index (χ3v) is 5.14. The summed E-state index contributed by atoms with van der Waals surface area (Å²) in [6, 6.07) is 3.99. The molecule has 1 heterocycles. The lowest BCUT2D eigenvalue weighted by atomic mass is 10.2. The number of thioether (sulfide) groups is 1. The van der Waals surface area contributed by atoms with Crippen molar-refractivity contribution in [2.75, 3.05) is 12.5 Å². The number of hydrogen-bond donors (Lipinski definition) is 1. The molecule has 16 heavy (non-hydrogen) atoms. The summed E-state index contributed by atoms with van der Waals surface area (Å²) in [4.78, 5) is 4.27. The first-order valence-corrected chi connectivity index (χ1v) is 8.79. The van der Waals surface area contributed by atoms with E-state index in [1.54, 1.807) is 18.0 Å². The van der Waals surface area contributed by atoms with Gasteiger partial charge in [0, 0.05) is 26.1 Å². The van der Waals surface area contributed by atoms with Crippen LogP contribution in [-0.4, -0.2) is 21.7 Å². The second kappa shape index (κ2) is 4.84. The van der Waals surface area contributed by atoms with Crippen LogP contribution in [0.5, 0.6) is 0 Å². The molecule has 1 aromatic heterocycles. The van der Waals surface area contributed by atoms with Gasteiger partial charge in [-0.1, -0.05) is 31.9 Å². The van der Waals surface area contributed by atoms with E-state index in [1.807, 2.05) is 18.4 Å². The zero-order chi connectivity index (χ0) is 11.9. The molecule has 0 aliphatic heterocycles. The van der Waals surface area contributed by atoms with E-state index in [0.717, 1.165) is 29.8 Å². The van der Waals surface area contributed by atoms with Crippen LogP contribution < -0.4 is 0 Å². The smallest absolute Gasteiger partial charge is 0.118 e. The van der Waals surface area contributed by atoms with Crippen LogP contribution >= 0.6 is 43.6 Å². The van der Waals surface area contributed by atoms with Gasteiger partial charge in [0.2, 0.25) is 0 Å². The molecule has 0 radical (unpaired) electrons. The van der Waals surface area contributed by atoms with Crippen LogP contribution in [0.2, 0.25) is 0 Å². The van der Waals surface area contributed by atoms with Crippen molar-refractivity contribution in [3.8, 4) is 0 Å². The molecule has 0 fully saturated rings. The number of nitrogens with one attached hydrogen (secondary N) is 1. The standard InChI is InChI=1S/C10H9Br2NOS2/c1-15-9-8-6(12)3-5(11)4-7(8)13-10(9)16(2)14/h3-4,13H,1-2H3/t16-/m1/s1. The molecule has 86 valence electrons. The van der Waals surface area contributed by atoms with Crippen molar-refractivity contribution in [1.29, 1.82) is 0 Å². The highest BCUT2D eigenvalue weighted by Gasteiger charge is 2.16. The van der Waals surface area contributed by atoms with Crippen LogP contribution in [0.15, 0.2) is 31.0 Å². The number of aromatic amines is 1. The van der Waals surface area contributed by atoms with Crippen molar-refractivity contribution in [2.24, 2.45) is 0 Å². The van der Waals surface area contributed by atoms with Crippen LogP contribution in [0.1, 0.15) is 0 Å². The first-order valence-electron chi connectivity index (χ1n) is 4.42. The highest BCUT2D eigenvalue weighted by Crippen LogP contribution is 2.38. The van der Waals surface area contributed by atoms with Crippen molar-refractivity contribution in [3.05, 3.63) is 21.1 Å². The zero-order valence-corrected chi connectivity index (χ0v) is 13.4. The molecule has 0 bridgehead atoms. The highest BCUT2D eigenvalue weighted by molar-refractivity contribution is 9.11. The fourth-order valence-electron chi connectivity index (χ4n) is 1.59. The van der Waals surface area contributed by atoms with Gasteiger partial charge in [-0.05, 0) is 18.4 Å². The van der Waals surface area contributed by atoms with Gasteiger partial charge in [-0.25, -0.2) is 0 Å². The lowest BCUT2D eigenvalue weighted by molar-refractivity contribution is 0.683. The molecule has 0 unspecified atom stereocenters. The zero-order valence-electron chi connectivity index (χ0n) is 8.64. The summed E-state index contributed by atoms with van der Waals surface area (Å²) in [6.45, 7) is 0. The monoisotopic (exact) mass is 381 g/mol. The minimum atomic E-state index is -1.00. The Balaban J connectivity index is 2.87. The molecule has 2 aromatic rings. The maximum atomic E-state index is 11.6. The van der Waals surface area contributed by atoms with Gasteiger partial charge in [-0.2, -0.15) is 0 Å². The van der Waals surface area contributed by atoms with Gasteiger partial charge in [0.25, 0.3) is 0 Å². The summed E-state index contributed by atoms with van der Waals surface area (Å²) in [5, 5.41) is 1.89. The minimum Gasteiger partial charge on any atom is -0.347 e. The van der Waals surface area contributed by atoms with E-state index in [4.69, 9.17) is 0 Å².